The zero-order chi connectivity index (χ0) is 12.3. The first kappa shape index (κ1) is 13.0. The van der Waals surface area contributed by atoms with E-state index in [9.17, 15) is 0 Å². The highest BCUT2D eigenvalue weighted by Gasteiger charge is 2.24. The molecule has 17 heavy (non-hydrogen) atoms. The van der Waals surface area contributed by atoms with Crippen molar-refractivity contribution in [3.63, 3.8) is 0 Å². The minimum atomic E-state index is 0.700. The van der Waals surface area contributed by atoms with Crippen molar-refractivity contribution in [1.82, 2.24) is 0 Å². The van der Waals surface area contributed by atoms with E-state index in [0.29, 0.717) is 5.92 Å². The van der Waals surface area contributed by atoms with E-state index in [2.05, 4.69) is 32.6 Å². The summed E-state index contributed by atoms with van der Waals surface area (Å²) in [5.41, 5.74) is 0. The van der Waals surface area contributed by atoms with Gasteiger partial charge in [0.1, 0.15) is 0 Å². The van der Waals surface area contributed by atoms with Crippen molar-refractivity contribution >= 4 is 0 Å². The summed E-state index contributed by atoms with van der Waals surface area (Å²) >= 11 is 0. The first-order chi connectivity index (χ1) is 8.15. The third-order valence-electron chi connectivity index (χ3n) is 4.92. The summed E-state index contributed by atoms with van der Waals surface area (Å²) in [6.07, 6.45) is 9.63. The van der Waals surface area contributed by atoms with Gasteiger partial charge < -0.3 is 0 Å². The van der Waals surface area contributed by atoms with E-state index in [1.165, 1.54) is 44.9 Å². The van der Waals surface area contributed by atoms with Crippen LogP contribution in [0.2, 0.25) is 0 Å². The lowest BCUT2D eigenvalue weighted by atomic mass is 9.75. The van der Waals surface area contributed by atoms with Gasteiger partial charge >= 0.3 is 0 Å². The van der Waals surface area contributed by atoms with Gasteiger partial charge in [0.25, 0.3) is 0 Å². The molecule has 2 aliphatic carbocycles. The lowest BCUT2D eigenvalue weighted by Gasteiger charge is -2.29. The molecule has 2 saturated carbocycles. The largest absolute Gasteiger partial charge is 0.0996 e. The maximum absolute atomic E-state index is 3.63. The SMILES string of the molecule is CC1CCC(C#CC2CCC(C)CC2C)CC1. The van der Waals surface area contributed by atoms with Crippen LogP contribution in [0.15, 0.2) is 0 Å². The summed E-state index contributed by atoms with van der Waals surface area (Å²) in [6, 6.07) is 0. The van der Waals surface area contributed by atoms with Gasteiger partial charge in [0.05, 0.1) is 0 Å². The molecule has 0 spiro atoms. The fourth-order valence-corrected chi connectivity index (χ4v) is 3.51. The Morgan fingerprint density at radius 2 is 1.35 bits per heavy atom. The predicted molar refractivity (Wildman–Crippen MR) is 74.6 cm³/mol. The molecule has 0 aromatic heterocycles. The summed E-state index contributed by atoms with van der Waals surface area (Å²) in [5.74, 6) is 11.4. The van der Waals surface area contributed by atoms with Gasteiger partial charge in [0.15, 0.2) is 0 Å². The van der Waals surface area contributed by atoms with E-state index in [0.717, 1.165) is 23.7 Å². The molecule has 0 heterocycles. The number of hydrogen-bond acceptors (Lipinski definition) is 0. The Morgan fingerprint density at radius 3 is 2.00 bits per heavy atom. The van der Waals surface area contributed by atoms with E-state index < -0.39 is 0 Å². The minimum Gasteiger partial charge on any atom is -0.0996 e. The summed E-state index contributed by atoms with van der Waals surface area (Å²) < 4.78 is 0. The third-order valence-corrected chi connectivity index (χ3v) is 4.92. The Bertz CT molecular complexity index is 285. The first-order valence-corrected chi connectivity index (χ1v) is 7.66. The van der Waals surface area contributed by atoms with E-state index in [1.807, 2.05) is 0 Å². The van der Waals surface area contributed by atoms with E-state index in [1.54, 1.807) is 0 Å². The van der Waals surface area contributed by atoms with Gasteiger partial charge in [-0.15, -0.1) is 0 Å². The second-order valence-corrected chi connectivity index (χ2v) is 6.75. The topological polar surface area (TPSA) is 0 Å². The highest BCUT2D eigenvalue weighted by atomic mass is 14.3. The molecule has 3 unspecified atom stereocenters. The zero-order valence-electron chi connectivity index (χ0n) is 11.8. The molecule has 0 heteroatoms. The molecule has 3 atom stereocenters. The van der Waals surface area contributed by atoms with Crippen LogP contribution in [0, 0.1) is 41.4 Å². The van der Waals surface area contributed by atoms with Crippen molar-refractivity contribution in [3.8, 4) is 11.8 Å². The molecule has 0 radical (unpaired) electrons. The van der Waals surface area contributed by atoms with Crippen LogP contribution < -0.4 is 0 Å². The average molecular weight is 232 g/mol. The van der Waals surface area contributed by atoms with Crippen LogP contribution in [0.4, 0.5) is 0 Å². The molecule has 0 aromatic rings. The summed E-state index contributed by atoms with van der Waals surface area (Å²) in [5, 5.41) is 0. The van der Waals surface area contributed by atoms with E-state index in [-0.39, 0.29) is 0 Å². The molecular weight excluding hydrogens is 204 g/mol. The van der Waals surface area contributed by atoms with Crippen molar-refractivity contribution in [2.45, 2.75) is 65.7 Å². The van der Waals surface area contributed by atoms with Gasteiger partial charge in [-0.25, -0.2) is 0 Å². The van der Waals surface area contributed by atoms with Crippen LogP contribution in [0.1, 0.15) is 65.7 Å². The summed E-state index contributed by atoms with van der Waals surface area (Å²) in [6.45, 7) is 7.18. The maximum atomic E-state index is 3.63. The van der Waals surface area contributed by atoms with Crippen LogP contribution in [0.5, 0.6) is 0 Å². The van der Waals surface area contributed by atoms with Crippen molar-refractivity contribution in [1.29, 1.82) is 0 Å². The molecule has 0 amide bonds. The highest BCUT2D eigenvalue weighted by molar-refractivity contribution is 5.10. The Hall–Kier alpha value is -0.440. The standard InChI is InChI=1S/C17H28/c1-13-4-7-16(8-5-13)9-11-17-10-6-14(2)12-15(17)3/h13-17H,4-8,10,12H2,1-3H3. The second-order valence-electron chi connectivity index (χ2n) is 6.75. The molecule has 0 aliphatic heterocycles. The Kier molecular flexibility index (Phi) is 4.55. The molecule has 0 nitrogen and oxygen atoms in total. The molecule has 0 bridgehead atoms. The van der Waals surface area contributed by atoms with Gasteiger partial charge in [-0.2, -0.15) is 0 Å². The van der Waals surface area contributed by atoms with Crippen molar-refractivity contribution < 1.29 is 0 Å². The molecule has 0 saturated heterocycles. The second kappa shape index (κ2) is 5.94. The fraction of sp³-hybridized carbons (Fsp3) is 0.882. The first-order valence-electron chi connectivity index (χ1n) is 7.66. The molecule has 2 fully saturated rings. The van der Waals surface area contributed by atoms with Crippen LogP contribution in [0.3, 0.4) is 0 Å². The van der Waals surface area contributed by atoms with Gasteiger partial charge in [-0.1, -0.05) is 32.6 Å². The monoisotopic (exact) mass is 232 g/mol. The molecule has 0 N–H and O–H groups in total. The Balaban J connectivity index is 1.84. The molecule has 96 valence electrons. The van der Waals surface area contributed by atoms with Gasteiger partial charge in [-0.05, 0) is 62.7 Å². The zero-order valence-corrected chi connectivity index (χ0v) is 11.8. The molecular formula is C17H28. The van der Waals surface area contributed by atoms with Gasteiger partial charge in [-0.3, -0.25) is 0 Å². The Labute approximate surface area is 108 Å². The normalized spacial score (nSPS) is 42.6. The van der Waals surface area contributed by atoms with Crippen LogP contribution in [0.25, 0.3) is 0 Å². The lowest BCUT2D eigenvalue weighted by molar-refractivity contribution is 0.249. The van der Waals surface area contributed by atoms with Crippen molar-refractivity contribution in [2.24, 2.45) is 29.6 Å². The van der Waals surface area contributed by atoms with Gasteiger partial charge in [0, 0.05) is 11.8 Å². The third kappa shape index (κ3) is 3.77. The summed E-state index contributed by atoms with van der Waals surface area (Å²) in [7, 11) is 0. The average Bonchev–Trinajstić information content (AvgIpc) is 2.30. The molecule has 2 aliphatic rings. The predicted octanol–water partition coefficient (Wildman–Crippen LogP) is 4.89. The number of rotatable bonds is 0. The van der Waals surface area contributed by atoms with Gasteiger partial charge in [0.2, 0.25) is 0 Å². The Morgan fingerprint density at radius 1 is 0.706 bits per heavy atom. The highest BCUT2D eigenvalue weighted by Crippen LogP contribution is 2.33. The molecule has 2 rings (SSSR count). The quantitative estimate of drug-likeness (QED) is 0.522. The number of hydrogen-bond donors (Lipinski definition) is 0. The molecule has 0 aromatic carbocycles. The van der Waals surface area contributed by atoms with Crippen molar-refractivity contribution in [3.05, 3.63) is 0 Å². The van der Waals surface area contributed by atoms with E-state index >= 15 is 0 Å². The lowest BCUT2D eigenvalue weighted by Crippen LogP contribution is -2.20. The fourth-order valence-electron chi connectivity index (χ4n) is 3.51. The van der Waals surface area contributed by atoms with E-state index in [4.69, 9.17) is 0 Å². The van der Waals surface area contributed by atoms with Crippen LogP contribution >= 0.6 is 0 Å². The maximum Gasteiger partial charge on any atom is 0.0228 e. The minimum absolute atomic E-state index is 0.700. The van der Waals surface area contributed by atoms with Crippen LogP contribution in [-0.2, 0) is 0 Å². The van der Waals surface area contributed by atoms with Crippen LogP contribution in [-0.4, -0.2) is 0 Å². The smallest absolute Gasteiger partial charge is 0.0228 e. The summed E-state index contributed by atoms with van der Waals surface area (Å²) in [4.78, 5) is 0. The van der Waals surface area contributed by atoms with Crippen molar-refractivity contribution in [2.75, 3.05) is 0 Å².